The average molecular weight is 340 g/mol. The predicted molar refractivity (Wildman–Crippen MR) is 96.0 cm³/mol. The highest BCUT2D eigenvalue weighted by molar-refractivity contribution is 8.00. The van der Waals surface area contributed by atoms with E-state index in [0.29, 0.717) is 11.3 Å². The van der Waals surface area contributed by atoms with Gasteiger partial charge in [0.2, 0.25) is 0 Å². The Hall–Kier alpha value is -2.78. The van der Waals surface area contributed by atoms with Crippen molar-refractivity contribution in [2.24, 2.45) is 0 Å². The number of pyridine rings is 1. The summed E-state index contributed by atoms with van der Waals surface area (Å²) >= 11 is 1.28. The number of aromatic nitrogens is 2. The number of anilines is 1. The minimum absolute atomic E-state index is 0.298. The van der Waals surface area contributed by atoms with Gasteiger partial charge in [-0.15, -0.1) is 0 Å². The molecule has 6 heteroatoms. The van der Waals surface area contributed by atoms with Gasteiger partial charge >= 0.3 is 0 Å². The summed E-state index contributed by atoms with van der Waals surface area (Å²) in [6.07, 6.45) is 3.55. The van der Waals surface area contributed by atoms with E-state index in [2.05, 4.69) is 14.7 Å². The Morgan fingerprint density at radius 3 is 2.71 bits per heavy atom. The molecule has 0 spiro atoms. The Bertz CT molecular complexity index is 825. The molecular weight excluding hydrogens is 323 g/mol. The van der Waals surface area contributed by atoms with Gasteiger partial charge in [0.25, 0.3) is 0 Å². The summed E-state index contributed by atoms with van der Waals surface area (Å²) < 4.78 is 16.7. The molecule has 0 bridgehead atoms. The summed E-state index contributed by atoms with van der Waals surface area (Å²) in [6.45, 7) is 4.00. The first kappa shape index (κ1) is 17.6. The third kappa shape index (κ3) is 4.37. The molecule has 0 atom stereocenters. The monoisotopic (exact) mass is 340 g/mol. The molecule has 4 nitrogen and oxygen atoms in total. The van der Waals surface area contributed by atoms with E-state index in [4.69, 9.17) is 5.26 Å². The zero-order valence-corrected chi connectivity index (χ0v) is 14.2. The van der Waals surface area contributed by atoms with Gasteiger partial charge < -0.3 is 9.71 Å². The number of aromatic amines is 1. The largest absolute Gasteiger partial charge is 0.359 e. The fourth-order valence-corrected chi connectivity index (χ4v) is 2.57. The molecule has 2 N–H and O–H groups in total. The van der Waals surface area contributed by atoms with Crippen molar-refractivity contribution in [2.75, 3.05) is 4.72 Å². The Morgan fingerprint density at radius 1 is 1.21 bits per heavy atom. The van der Waals surface area contributed by atoms with Crippen LogP contribution < -0.4 is 4.72 Å². The van der Waals surface area contributed by atoms with E-state index in [9.17, 15) is 4.39 Å². The molecule has 2 aromatic heterocycles. The van der Waals surface area contributed by atoms with Gasteiger partial charge in [0.1, 0.15) is 5.82 Å². The van der Waals surface area contributed by atoms with Crippen LogP contribution in [0.25, 0.3) is 11.4 Å². The van der Waals surface area contributed by atoms with Crippen molar-refractivity contribution >= 4 is 17.6 Å². The Morgan fingerprint density at radius 2 is 2.04 bits per heavy atom. The first-order valence-corrected chi connectivity index (χ1v) is 8.30. The van der Waals surface area contributed by atoms with Crippen molar-refractivity contribution in [1.29, 1.82) is 5.26 Å². The molecule has 0 amide bonds. The van der Waals surface area contributed by atoms with E-state index in [-0.39, 0.29) is 0 Å². The van der Waals surface area contributed by atoms with Crippen molar-refractivity contribution in [1.82, 2.24) is 9.97 Å². The van der Waals surface area contributed by atoms with Gasteiger partial charge in [-0.3, -0.25) is 4.98 Å². The standard InChI is InChI=1S/C16H11FN4S.C2H6/c17-13-7-11(9-18)4-5-14(13)21-22-12-8-16(20-10-12)15-3-1-2-6-19-15;1-2/h1-8,10,20-21H;1-2H3. The molecule has 0 radical (unpaired) electrons. The first-order valence-electron chi connectivity index (χ1n) is 7.48. The lowest BCUT2D eigenvalue weighted by atomic mass is 10.2. The molecule has 0 aliphatic rings. The number of nitrogens with one attached hydrogen (secondary N) is 2. The molecule has 3 aromatic rings. The quantitative estimate of drug-likeness (QED) is 0.638. The molecule has 0 saturated heterocycles. The van der Waals surface area contributed by atoms with Crippen molar-refractivity contribution in [3.05, 3.63) is 66.2 Å². The Kier molecular flexibility index (Phi) is 6.41. The predicted octanol–water partition coefficient (Wildman–Crippen LogP) is 5.23. The van der Waals surface area contributed by atoms with Gasteiger partial charge in [-0.05, 0) is 48.3 Å². The average Bonchev–Trinajstić information content (AvgIpc) is 3.12. The number of hydrogen-bond acceptors (Lipinski definition) is 4. The topological polar surface area (TPSA) is 64.5 Å². The van der Waals surface area contributed by atoms with Gasteiger partial charge in [0.15, 0.2) is 0 Å². The summed E-state index contributed by atoms with van der Waals surface area (Å²) in [5.74, 6) is -0.452. The maximum atomic E-state index is 13.8. The molecule has 3 rings (SSSR count). The molecule has 1 aromatic carbocycles. The summed E-state index contributed by atoms with van der Waals surface area (Å²) in [4.78, 5) is 8.30. The third-order valence-corrected chi connectivity index (χ3v) is 3.77. The number of halogens is 1. The second-order valence-electron chi connectivity index (χ2n) is 4.47. The molecule has 122 valence electrons. The summed E-state index contributed by atoms with van der Waals surface area (Å²) in [5, 5.41) is 8.72. The first-order chi connectivity index (χ1) is 11.8. The maximum absolute atomic E-state index is 13.8. The Balaban J connectivity index is 0.00000100. The van der Waals surface area contributed by atoms with Crippen LogP contribution >= 0.6 is 11.9 Å². The molecule has 0 aliphatic carbocycles. The molecule has 2 heterocycles. The van der Waals surface area contributed by atoms with Crippen LogP contribution in [0.2, 0.25) is 0 Å². The van der Waals surface area contributed by atoms with E-state index in [1.807, 2.05) is 50.4 Å². The number of rotatable bonds is 4. The maximum Gasteiger partial charge on any atom is 0.148 e. The van der Waals surface area contributed by atoms with Crippen LogP contribution in [0.3, 0.4) is 0 Å². The molecule has 0 aliphatic heterocycles. The van der Waals surface area contributed by atoms with Gasteiger partial charge in [0.05, 0.1) is 28.7 Å². The zero-order valence-electron chi connectivity index (χ0n) is 13.4. The van der Waals surface area contributed by atoms with Crippen molar-refractivity contribution < 1.29 is 4.39 Å². The van der Waals surface area contributed by atoms with Crippen LogP contribution in [0.15, 0.2) is 59.8 Å². The molecule has 24 heavy (non-hydrogen) atoms. The van der Waals surface area contributed by atoms with Crippen LogP contribution in [-0.2, 0) is 0 Å². The minimum Gasteiger partial charge on any atom is -0.359 e. The summed E-state index contributed by atoms with van der Waals surface area (Å²) in [5.41, 5.74) is 2.38. The minimum atomic E-state index is -0.452. The van der Waals surface area contributed by atoms with Crippen molar-refractivity contribution in [2.45, 2.75) is 18.7 Å². The lowest BCUT2D eigenvalue weighted by molar-refractivity contribution is 0.632. The third-order valence-electron chi connectivity index (χ3n) is 2.97. The van der Waals surface area contributed by atoms with Crippen molar-refractivity contribution in [3.8, 4) is 17.5 Å². The number of nitrogens with zero attached hydrogens (tertiary/aromatic N) is 2. The zero-order chi connectivity index (χ0) is 17.4. The second kappa shape index (κ2) is 8.75. The number of H-pyrrole nitrogens is 1. The van der Waals surface area contributed by atoms with Gasteiger partial charge in [-0.25, -0.2) is 4.39 Å². The highest BCUT2D eigenvalue weighted by Gasteiger charge is 2.06. The van der Waals surface area contributed by atoms with Crippen LogP contribution in [-0.4, -0.2) is 9.97 Å². The molecule has 0 saturated carbocycles. The normalized spacial score (nSPS) is 9.58. The highest BCUT2D eigenvalue weighted by atomic mass is 32.2. The van der Waals surface area contributed by atoms with E-state index in [1.54, 1.807) is 18.3 Å². The SMILES string of the molecule is CC.N#Cc1ccc(NSc2c[nH]c(-c3ccccn3)c2)c(F)c1. The van der Waals surface area contributed by atoms with Crippen LogP contribution in [0.4, 0.5) is 10.1 Å². The second-order valence-corrected chi connectivity index (χ2v) is 5.35. The summed E-state index contributed by atoms with van der Waals surface area (Å²) in [6, 6.07) is 13.9. The molecule has 0 unspecified atom stereocenters. The van der Waals surface area contributed by atoms with Crippen LogP contribution in [0.5, 0.6) is 0 Å². The molecule has 0 fully saturated rings. The Labute approximate surface area is 144 Å². The highest BCUT2D eigenvalue weighted by Crippen LogP contribution is 2.26. The number of benzene rings is 1. The lowest BCUT2D eigenvalue weighted by Gasteiger charge is -2.05. The van der Waals surface area contributed by atoms with Gasteiger partial charge in [0, 0.05) is 17.3 Å². The molecular formula is C18H17FN4S. The summed E-state index contributed by atoms with van der Waals surface area (Å²) in [7, 11) is 0. The number of nitriles is 1. The van der Waals surface area contributed by atoms with Crippen LogP contribution in [0, 0.1) is 17.1 Å². The van der Waals surface area contributed by atoms with E-state index < -0.39 is 5.82 Å². The van der Waals surface area contributed by atoms with Gasteiger partial charge in [-0.2, -0.15) is 5.26 Å². The number of hydrogen-bond donors (Lipinski definition) is 2. The van der Waals surface area contributed by atoms with Crippen LogP contribution in [0.1, 0.15) is 19.4 Å². The fraction of sp³-hybridized carbons (Fsp3) is 0.111. The smallest absolute Gasteiger partial charge is 0.148 e. The van der Waals surface area contributed by atoms with E-state index in [0.717, 1.165) is 16.3 Å². The van der Waals surface area contributed by atoms with E-state index >= 15 is 0 Å². The fourth-order valence-electron chi connectivity index (χ4n) is 1.88. The lowest BCUT2D eigenvalue weighted by Crippen LogP contribution is -1.91. The van der Waals surface area contributed by atoms with Gasteiger partial charge in [-0.1, -0.05) is 19.9 Å². The van der Waals surface area contributed by atoms with E-state index in [1.165, 1.54) is 18.0 Å². The van der Waals surface area contributed by atoms with Crippen molar-refractivity contribution in [3.63, 3.8) is 0 Å².